The second kappa shape index (κ2) is 6.95. The van der Waals surface area contributed by atoms with E-state index >= 15 is 0 Å². The Bertz CT molecular complexity index is 733. The molecule has 0 radical (unpaired) electrons. The van der Waals surface area contributed by atoms with Crippen molar-refractivity contribution in [2.24, 2.45) is 5.92 Å². The summed E-state index contributed by atoms with van der Waals surface area (Å²) in [7, 11) is -3.74. The number of anilines is 2. The molecule has 8 nitrogen and oxygen atoms in total. The van der Waals surface area contributed by atoms with Crippen molar-refractivity contribution in [3.8, 4) is 0 Å². The second-order valence-corrected chi connectivity index (χ2v) is 7.40. The van der Waals surface area contributed by atoms with E-state index < -0.39 is 10.0 Å². The number of aryl methyl sites for hydroxylation is 2. The molecule has 9 heteroatoms. The predicted molar refractivity (Wildman–Crippen MR) is 88.8 cm³/mol. The molecular formula is C14H22N6O2S. The monoisotopic (exact) mass is 338 g/mol. The highest BCUT2D eigenvalue weighted by Crippen LogP contribution is 2.19. The van der Waals surface area contributed by atoms with Crippen LogP contribution in [0.1, 0.15) is 31.7 Å². The molecule has 2 heterocycles. The molecule has 0 aliphatic rings. The van der Waals surface area contributed by atoms with E-state index in [1.165, 1.54) is 0 Å². The van der Waals surface area contributed by atoms with Crippen LogP contribution in [0.2, 0.25) is 0 Å². The highest BCUT2D eigenvalue weighted by molar-refractivity contribution is 7.92. The number of rotatable bonds is 7. The molecular weight excluding hydrogens is 316 g/mol. The topological polar surface area (TPSA) is 113 Å². The Morgan fingerprint density at radius 3 is 2.35 bits per heavy atom. The first kappa shape index (κ1) is 17.2. The number of sulfonamides is 1. The molecule has 0 amide bonds. The van der Waals surface area contributed by atoms with Crippen LogP contribution in [0.25, 0.3) is 0 Å². The zero-order valence-corrected chi connectivity index (χ0v) is 14.5. The highest BCUT2D eigenvalue weighted by atomic mass is 32.2. The quantitative estimate of drug-likeness (QED) is 0.712. The lowest BCUT2D eigenvalue weighted by Crippen LogP contribution is -2.16. The molecule has 0 spiro atoms. The number of hydrogen-bond acceptors (Lipinski definition) is 6. The van der Waals surface area contributed by atoms with Gasteiger partial charge in [-0.1, -0.05) is 13.8 Å². The lowest BCUT2D eigenvalue weighted by molar-refractivity contribution is 0.599. The third-order valence-corrected chi connectivity index (χ3v) is 4.88. The van der Waals surface area contributed by atoms with Crippen molar-refractivity contribution < 1.29 is 8.42 Å². The van der Waals surface area contributed by atoms with Gasteiger partial charge in [0.25, 0.3) is 10.0 Å². The average Bonchev–Trinajstić information content (AvgIpc) is 2.80. The van der Waals surface area contributed by atoms with Gasteiger partial charge in [0.2, 0.25) is 0 Å². The summed E-state index contributed by atoms with van der Waals surface area (Å²) in [5.41, 5.74) is 0.893. The number of H-pyrrole nitrogens is 1. The highest BCUT2D eigenvalue weighted by Gasteiger charge is 2.22. The molecule has 2 aromatic heterocycles. The molecule has 0 fully saturated rings. The van der Waals surface area contributed by atoms with E-state index in [1.807, 2.05) is 0 Å². The molecule has 2 aromatic rings. The van der Waals surface area contributed by atoms with Crippen LogP contribution < -0.4 is 10.0 Å². The van der Waals surface area contributed by atoms with E-state index in [4.69, 9.17) is 0 Å². The summed E-state index contributed by atoms with van der Waals surface area (Å²) in [6.07, 6.45) is 1.02. The summed E-state index contributed by atoms with van der Waals surface area (Å²) in [5, 5.41) is 17.6. The number of aromatic amines is 1. The van der Waals surface area contributed by atoms with Crippen LogP contribution in [0.3, 0.4) is 0 Å². The molecule has 23 heavy (non-hydrogen) atoms. The number of hydrogen-bond donors (Lipinski definition) is 3. The van der Waals surface area contributed by atoms with Crippen LogP contribution in [0.15, 0.2) is 17.0 Å². The summed E-state index contributed by atoms with van der Waals surface area (Å²) in [5.74, 6) is 1.38. The first-order valence-electron chi connectivity index (χ1n) is 7.41. The minimum Gasteiger partial charge on any atom is -0.369 e. The van der Waals surface area contributed by atoms with Crippen molar-refractivity contribution in [3.05, 3.63) is 23.5 Å². The first-order chi connectivity index (χ1) is 10.8. The van der Waals surface area contributed by atoms with Crippen molar-refractivity contribution >= 4 is 21.7 Å². The van der Waals surface area contributed by atoms with Crippen LogP contribution in [-0.4, -0.2) is 35.4 Å². The van der Waals surface area contributed by atoms with E-state index in [-0.39, 0.29) is 10.7 Å². The third kappa shape index (κ3) is 4.41. The van der Waals surface area contributed by atoms with E-state index in [0.717, 1.165) is 13.0 Å². The van der Waals surface area contributed by atoms with Gasteiger partial charge in [0.05, 0.1) is 11.4 Å². The molecule has 0 bridgehead atoms. The van der Waals surface area contributed by atoms with E-state index in [0.29, 0.717) is 23.1 Å². The van der Waals surface area contributed by atoms with Crippen molar-refractivity contribution in [1.82, 2.24) is 20.4 Å². The fourth-order valence-electron chi connectivity index (χ4n) is 2.10. The van der Waals surface area contributed by atoms with Gasteiger partial charge >= 0.3 is 0 Å². The molecule has 126 valence electrons. The van der Waals surface area contributed by atoms with Crippen LogP contribution in [-0.2, 0) is 10.0 Å². The van der Waals surface area contributed by atoms with Crippen molar-refractivity contribution in [2.45, 2.75) is 39.0 Å². The fourth-order valence-corrected chi connectivity index (χ4v) is 3.46. The summed E-state index contributed by atoms with van der Waals surface area (Å²) in [6, 6.07) is 3.27. The molecule has 0 saturated heterocycles. The van der Waals surface area contributed by atoms with Gasteiger partial charge < -0.3 is 5.32 Å². The van der Waals surface area contributed by atoms with Crippen LogP contribution in [0.5, 0.6) is 0 Å². The normalized spacial score (nSPS) is 11.7. The largest absolute Gasteiger partial charge is 0.369 e. The Morgan fingerprint density at radius 1 is 1.17 bits per heavy atom. The lowest BCUT2D eigenvalue weighted by Gasteiger charge is -2.09. The molecule has 0 saturated carbocycles. The maximum atomic E-state index is 12.4. The molecule has 2 rings (SSSR count). The number of nitrogens with zero attached hydrogens (tertiary/aromatic N) is 3. The smallest absolute Gasteiger partial charge is 0.266 e. The third-order valence-electron chi connectivity index (χ3n) is 3.26. The van der Waals surface area contributed by atoms with Crippen molar-refractivity contribution in [1.29, 1.82) is 0 Å². The minimum atomic E-state index is -3.74. The predicted octanol–water partition coefficient (Wildman–Crippen LogP) is 2.08. The minimum absolute atomic E-state index is 0.137. The molecule has 0 aliphatic heterocycles. The van der Waals surface area contributed by atoms with Crippen LogP contribution >= 0.6 is 0 Å². The Hall–Kier alpha value is -2.16. The zero-order chi connectivity index (χ0) is 17.0. The Morgan fingerprint density at radius 2 is 1.83 bits per heavy atom. The Labute approximate surface area is 136 Å². The van der Waals surface area contributed by atoms with Gasteiger partial charge in [-0.05, 0) is 38.3 Å². The van der Waals surface area contributed by atoms with Gasteiger partial charge in [-0.3, -0.25) is 9.82 Å². The maximum Gasteiger partial charge on any atom is 0.266 e. The van der Waals surface area contributed by atoms with Gasteiger partial charge in [0.1, 0.15) is 10.7 Å². The van der Waals surface area contributed by atoms with Crippen molar-refractivity contribution in [2.75, 3.05) is 16.6 Å². The molecule has 0 unspecified atom stereocenters. The van der Waals surface area contributed by atoms with E-state index in [2.05, 4.69) is 44.3 Å². The lowest BCUT2D eigenvalue weighted by atomic mass is 10.1. The van der Waals surface area contributed by atoms with E-state index in [1.54, 1.807) is 26.0 Å². The van der Waals surface area contributed by atoms with Crippen LogP contribution in [0, 0.1) is 19.8 Å². The molecule has 0 aromatic carbocycles. The second-order valence-electron chi connectivity index (χ2n) is 5.78. The summed E-state index contributed by atoms with van der Waals surface area (Å²) < 4.78 is 27.2. The van der Waals surface area contributed by atoms with Gasteiger partial charge in [-0.25, -0.2) is 8.42 Å². The fraction of sp³-hybridized carbons (Fsp3) is 0.500. The number of aromatic nitrogens is 4. The maximum absolute atomic E-state index is 12.4. The van der Waals surface area contributed by atoms with Crippen molar-refractivity contribution in [3.63, 3.8) is 0 Å². The van der Waals surface area contributed by atoms with Gasteiger partial charge in [-0.15, -0.1) is 10.2 Å². The molecule has 0 aliphatic carbocycles. The van der Waals surface area contributed by atoms with Gasteiger partial charge in [-0.2, -0.15) is 5.10 Å². The summed E-state index contributed by atoms with van der Waals surface area (Å²) >= 11 is 0. The van der Waals surface area contributed by atoms with Gasteiger partial charge in [0.15, 0.2) is 5.82 Å². The Kier molecular flexibility index (Phi) is 5.19. The average molecular weight is 338 g/mol. The molecule has 0 atom stereocenters. The number of nitrogens with one attached hydrogen (secondary N) is 3. The SMILES string of the molecule is Cc1n[nH]c(C)c1S(=O)(=O)Nc1ccc(NCCC(C)C)nn1. The zero-order valence-electron chi connectivity index (χ0n) is 13.7. The van der Waals surface area contributed by atoms with E-state index in [9.17, 15) is 8.42 Å². The van der Waals surface area contributed by atoms with Gasteiger partial charge in [0, 0.05) is 6.54 Å². The molecule has 3 N–H and O–H groups in total. The standard InChI is InChI=1S/C14H22N6O2S/c1-9(2)7-8-15-12-5-6-13(19-18-12)20-23(21,22)14-10(3)16-17-11(14)4/h5-6,9H,7-8H2,1-4H3,(H,15,18)(H,16,17)(H,19,20). The summed E-state index contributed by atoms with van der Waals surface area (Å²) in [4.78, 5) is 0.137. The Balaban J connectivity index is 2.06. The first-order valence-corrected chi connectivity index (χ1v) is 8.90. The van der Waals surface area contributed by atoms with Crippen LogP contribution in [0.4, 0.5) is 11.6 Å². The summed E-state index contributed by atoms with van der Waals surface area (Å²) in [6.45, 7) is 8.37.